The first-order chi connectivity index (χ1) is 14.4. The van der Waals surface area contributed by atoms with Crippen LogP contribution < -0.4 is 10.9 Å². The molecule has 0 aliphatic rings. The second-order valence-electron chi connectivity index (χ2n) is 6.41. The molecule has 152 valence electrons. The van der Waals surface area contributed by atoms with E-state index in [-0.39, 0.29) is 17.2 Å². The zero-order valence-corrected chi connectivity index (χ0v) is 18.8. The number of aromatic nitrogens is 2. The maximum atomic E-state index is 12.8. The van der Waals surface area contributed by atoms with Crippen molar-refractivity contribution in [3.05, 3.63) is 73.8 Å². The van der Waals surface area contributed by atoms with E-state index in [0.717, 1.165) is 27.8 Å². The molecule has 2 aromatic heterocycles. The lowest BCUT2D eigenvalue weighted by atomic mass is 10.0. The van der Waals surface area contributed by atoms with E-state index in [1.165, 1.54) is 11.3 Å². The Morgan fingerprint density at radius 2 is 1.97 bits per heavy atom. The molecule has 1 amide bonds. The number of hydrogen-bond acceptors (Lipinski definition) is 5. The number of H-pyrrole nitrogens is 1. The van der Waals surface area contributed by atoms with Gasteiger partial charge in [0, 0.05) is 15.5 Å². The predicted octanol–water partition coefficient (Wildman–Crippen LogP) is 6.00. The maximum absolute atomic E-state index is 12.8. The van der Waals surface area contributed by atoms with Crippen molar-refractivity contribution in [3.63, 3.8) is 0 Å². The van der Waals surface area contributed by atoms with E-state index in [9.17, 15) is 9.59 Å². The van der Waals surface area contributed by atoms with Gasteiger partial charge in [0.05, 0.1) is 21.8 Å². The molecule has 0 saturated heterocycles. The van der Waals surface area contributed by atoms with E-state index in [1.54, 1.807) is 18.2 Å². The summed E-state index contributed by atoms with van der Waals surface area (Å²) in [6.07, 6.45) is 0. The number of aromatic amines is 1. The Labute approximate surface area is 190 Å². The predicted molar refractivity (Wildman–Crippen MR) is 126 cm³/mol. The van der Waals surface area contributed by atoms with E-state index in [2.05, 4.69) is 15.3 Å². The van der Waals surface area contributed by atoms with Gasteiger partial charge in [-0.15, -0.1) is 11.3 Å². The Balaban J connectivity index is 1.55. The summed E-state index contributed by atoms with van der Waals surface area (Å²) in [5, 5.41) is 4.55. The number of thiophene rings is 1. The molecule has 2 aromatic carbocycles. The normalized spacial score (nSPS) is 11.0. The number of benzene rings is 2. The summed E-state index contributed by atoms with van der Waals surface area (Å²) in [5.74, 6) is -0.216. The van der Waals surface area contributed by atoms with Gasteiger partial charge in [-0.05, 0) is 30.7 Å². The number of amides is 1. The number of halogens is 2. The van der Waals surface area contributed by atoms with Crippen LogP contribution in [0.4, 0.5) is 5.69 Å². The van der Waals surface area contributed by atoms with Gasteiger partial charge in [-0.2, -0.15) is 0 Å². The Morgan fingerprint density at radius 3 is 2.73 bits per heavy atom. The van der Waals surface area contributed by atoms with Crippen molar-refractivity contribution in [2.24, 2.45) is 0 Å². The minimum Gasteiger partial charge on any atom is -0.324 e. The first-order valence-corrected chi connectivity index (χ1v) is 11.4. The molecule has 0 bridgehead atoms. The zero-order chi connectivity index (χ0) is 21.3. The number of carbonyl (C=O) groups excluding carboxylic acids is 1. The molecule has 0 spiro atoms. The first-order valence-electron chi connectivity index (χ1n) is 8.89. The lowest BCUT2D eigenvalue weighted by molar-refractivity contribution is -0.113. The zero-order valence-electron chi connectivity index (χ0n) is 15.7. The molecule has 5 nitrogen and oxygen atoms in total. The summed E-state index contributed by atoms with van der Waals surface area (Å²) >= 11 is 14.6. The van der Waals surface area contributed by atoms with Gasteiger partial charge in [0.2, 0.25) is 5.91 Å². The van der Waals surface area contributed by atoms with Gasteiger partial charge in [-0.1, -0.05) is 65.3 Å². The van der Waals surface area contributed by atoms with Crippen molar-refractivity contribution < 1.29 is 4.79 Å². The number of nitrogens with one attached hydrogen (secondary N) is 2. The second kappa shape index (κ2) is 8.81. The minimum absolute atomic E-state index is 0.0627. The summed E-state index contributed by atoms with van der Waals surface area (Å²) in [6, 6.07) is 14.6. The maximum Gasteiger partial charge on any atom is 0.260 e. The minimum atomic E-state index is -0.278. The van der Waals surface area contributed by atoms with E-state index >= 15 is 0 Å². The van der Waals surface area contributed by atoms with Crippen LogP contribution in [0.3, 0.4) is 0 Å². The Hall–Kier alpha value is -2.32. The lowest BCUT2D eigenvalue weighted by Gasteiger charge is -2.07. The molecule has 0 aliphatic heterocycles. The van der Waals surface area contributed by atoms with Crippen molar-refractivity contribution in [1.29, 1.82) is 0 Å². The van der Waals surface area contributed by atoms with Gasteiger partial charge in [0.15, 0.2) is 5.16 Å². The summed E-state index contributed by atoms with van der Waals surface area (Å²) in [7, 11) is 0. The third-order valence-corrected chi connectivity index (χ3v) is 6.76. The Kier molecular flexibility index (Phi) is 6.15. The molecule has 4 aromatic rings. The fraction of sp³-hybridized carbons (Fsp3) is 0.0952. The highest BCUT2D eigenvalue weighted by molar-refractivity contribution is 7.99. The van der Waals surface area contributed by atoms with Crippen LogP contribution in [0.15, 0.2) is 58.5 Å². The second-order valence-corrected chi connectivity index (χ2v) is 9.42. The third-order valence-electron chi connectivity index (χ3n) is 4.32. The number of anilines is 1. The van der Waals surface area contributed by atoms with Crippen molar-refractivity contribution in [2.75, 3.05) is 11.1 Å². The molecule has 0 saturated carbocycles. The highest BCUT2D eigenvalue weighted by atomic mass is 35.5. The number of hydrogen-bond donors (Lipinski definition) is 2. The van der Waals surface area contributed by atoms with E-state index in [1.807, 2.05) is 37.3 Å². The van der Waals surface area contributed by atoms with E-state index < -0.39 is 0 Å². The van der Waals surface area contributed by atoms with Gasteiger partial charge in [-0.25, -0.2) is 4.98 Å². The van der Waals surface area contributed by atoms with Gasteiger partial charge >= 0.3 is 0 Å². The van der Waals surface area contributed by atoms with Crippen LogP contribution in [-0.2, 0) is 4.79 Å². The average molecular weight is 476 g/mol. The van der Waals surface area contributed by atoms with Gasteiger partial charge in [0.1, 0.15) is 4.83 Å². The number of fused-ring (bicyclic) bond motifs is 1. The molecule has 9 heteroatoms. The van der Waals surface area contributed by atoms with Crippen LogP contribution >= 0.6 is 46.3 Å². The van der Waals surface area contributed by atoms with Crippen molar-refractivity contribution in [1.82, 2.24) is 9.97 Å². The van der Waals surface area contributed by atoms with Crippen LogP contribution in [0.25, 0.3) is 21.3 Å². The van der Waals surface area contributed by atoms with Crippen LogP contribution in [-0.4, -0.2) is 21.6 Å². The first kappa shape index (κ1) is 20.9. The van der Waals surface area contributed by atoms with Crippen LogP contribution in [0.1, 0.15) is 4.88 Å². The smallest absolute Gasteiger partial charge is 0.260 e. The fourth-order valence-electron chi connectivity index (χ4n) is 3.03. The van der Waals surface area contributed by atoms with Crippen molar-refractivity contribution >= 4 is 68.1 Å². The SMILES string of the molecule is Cc1sc2nc(SCC(=O)Nc3cc(Cl)ccc3Cl)[nH]c(=O)c2c1-c1ccccc1. The Morgan fingerprint density at radius 1 is 1.20 bits per heavy atom. The quantitative estimate of drug-likeness (QED) is 0.274. The van der Waals surface area contributed by atoms with Crippen LogP contribution in [0.2, 0.25) is 10.0 Å². The largest absolute Gasteiger partial charge is 0.324 e. The Bertz CT molecular complexity index is 1300. The van der Waals surface area contributed by atoms with Crippen molar-refractivity contribution in [3.8, 4) is 11.1 Å². The third kappa shape index (κ3) is 4.39. The van der Waals surface area contributed by atoms with Gasteiger partial charge in [-0.3, -0.25) is 9.59 Å². The summed E-state index contributed by atoms with van der Waals surface area (Å²) in [6.45, 7) is 1.98. The molecule has 0 unspecified atom stereocenters. The van der Waals surface area contributed by atoms with E-state index in [4.69, 9.17) is 23.2 Å². The molecular weight excluding hydrogens is 461 g/mol. The number of thioether (sulfide) groups is 1. The van der Waals surface area contributed by atoms with Crippen molar-refractivity contribution in [2.45, 2.75) is 12.1 Å². The highest BCUT2D eigenvalue weighted by Crippen LogP contribution is 2.36. The fourth-order valence-corrected chi connectivity index (χ4v) is 5.13. The van der Waals surface area contributed by atoms with Gasteiger partial charge in [0.25, 0.3) is 5.56 Å². The number of carbonyl (C=O) groups is 1. The molecule has 4 rings (SSSR count). The molecule has 2 N–H and O–H groups in total. The summed E-state index contributed by atoms with van der Waals surface area (Å²) in [5.41, 5.74) is 2.10. The van der Waals surface area contributed by atoms with E-state index in [0.29, 0.717) is 31.1 Å². The standard InChI is InChI=1S/C21H15Cl2N3O2S2/c1-11-17(12-5-3-2-4-6-12)18-19(28)25-21(26-20(18)30-11)29-10-16(27)24-15-9-13(22)7-8-14(15)23/h2-9H,10H2,1H3,(H,24,27)(H,25,26,28). The molecule has 0 radical (unpaired) electrons. The average Bonchev–Trinajstić information content (AvgIpc) is 3.06. The van der Waals surface area contributed by atoms with Crippen LogP contribution in [0.5, 0.6) is 0 Å². The number of rotatable bonds is 5. The van der Waals surface area contributed by atoms with Gasteiger partial charge < -0.3 is 10.3 Å². The molecule has 30 heavy (non-hydrogen) atoms. The molecule has 0 atom stereocenters. The summed E-state index contributed by atoms with van der Waals surface area (Å²) < 4.78 is 0. The van der Waals surface area contributed by atoms with Crippen LogP contribution in [0, 0.1) is 6.92 Å². The number of aryl methyl sites for hydroxylation is 1. The lowest BCUT2D eigenvalue weighted by Crippen LogP contribution is -2.15. The topological polar surface area (TPSA) is 74.8 Å². The highest BCUT2D eigenvalue weighted by Gasteiger charge is 2.17. The number of nitrogens with zero attached hydrogens (tertiary/aromatic N) is 1. The molecular formula is C21H15Cl2N3O2S2. The molecule has 0 fully saturated rings. The monoisotopic (exact) mass is 475 g/mol. The molecule has 2 heterocycles. The summed E-state index contributed by atoms with van der Waals surface area (Å²) in [4.78, 5) is 34.1. The molecule has 0 aliphatic carbocycles.